The fourth-order valence-corrected chi connectivity index (χ4v) is 5.65. The van der Waals surface area contributed by atoms with Gasteiger partial charge in [-0.3, -0.25) is 0 Å². The number of nitrogens with one attached hydrogen (secondary N) is 2. The molecule has 0 bridgehead atoms. The number of carbonyl (C=O) groups excluding carboxylic acids is 1. The number of carbonyl (C=O) groups is 1. The number of benzene rings is 2. The molecule has 2 aromatic carbocycles. The number of hydrogen-bond donors (Lipinski definition) is 2. The predicted octanol–water partition coefficient (Wildman–Crippen LogP) is 4.54. The Kier molecular flexibility index (Phi) is 6.68. The van der Waals surface area contributed by atoms with Gasteiger partial charge in [0, 0.05) is 23.2 Å². The number of likely N-dealkylation sites (tertiary alicyclic amines) is 1. The van der Waals surface area contributed by atoms with Crippen LogP contribution < -0.4 is 20.1 Å². The summed E-state index contributed by atoms with van der Waals surface area (Å²) < 4.78 is 11.0. The number of amides is 2. The van der Waals surface area contributed by atoms with E-state index in [9.17, 15) is 4.79 Å². The molecule has 2 amide bonds. The lowest BCUT2D eigenvalue weighted by Crippen LogP contribution is -2.52. The SMILES string of the molecule is COc1ccc([C@]23CC[C@H](NC(=O)Nc4ccc(C#N)c(Cl)c4)C[C@H]2N(C)CC3)cc1OC. The lowest BCUT2D eigenvalue weighted by Gasteiger charge is -2.45. The molecule has 2 fully saturated rings. The second-order valence-corrected chi connectivity index (χ2v) is 9.26. The molecule has 1 saturated carbocycles. The fourth-order valence-electron chi connectivity index (χ4n) is 5.43. The fraction of sp³-hybridized carbons (Fsp3) is 0.440. The van der Waals surface area contributed by atoms with E-state index in [4.69, 9.17) is 26.3 Å². The molecule has 0 radical (unpaired) electrons. The maximum Gasteiger partial charge on any atom is 0.319 e. The van der Waals surface area contributed by atoms with E-state index < -0.39 is 0 Å². The third-order valence-electron chi connectivity index (χ3n) is 7.17. The number of rotatable bonds is 5. The number of halogens is 1. The number of fused-ring (bicyclic) bond motifs is 1. The van der Waals surface area contributed by atoms with Gasteiger partial charge in [0.05, 0.1) is 24.8 Å². The molecule has 33 heavy (non-hydrogen) atoms. The van der Waals surface area contributed by atoms with Gasteiger partial charge in [-0.2, -0.15) is 5.26 Å². The molecule has 0 unspecified atom stereocenters. The van der Waals surface area contributed by atoms with Crippen LogP contribution in [-0.2, 0) is 5.41 Å². The molecule has 1 saturated heterocycles. The average Bonchev–Trinajstić information content (AvgIpc) is 3.15. The Labute approximate surface area is 199 Å². The quantitative estimate of drug-likeness (QED) is 0.672. The van der Waals surface area contributed by atoms with Crippen molar-refractivity contribution in [1.29, 1.82) is 5.26 Å². The van der Waals surface area contributed by atoms with E-state index in [1.807, 2.05) is 12.1 Å². The van der Waals surface area contributed by atoms with E-state index in [0.717, 1.165) is 43.7 Å². The Morgan fingerprint density at radius 2 is 1.97 bits per heavy atom. The Morgan fingerprint density at radius 3 is 2.67 bits per heavy atom. The summed E-state index contributed by atoms with van der Waals surface area (Å²) >= 11 is 6.08. The minimum absolute atomic E-state index is 0.0314. The molecule has 1 aliphatic carbocycles. The van der Waals surface area contributed by atoms with Gasteiger partial charge in [-0.05, 0) is 75.2 Å². The summed E-state index contributed by atoms with van der Waals surface area (Å²) in [5.74, 6) is 1.48. The molecule has 3 atom stereocenters. The van der Waals surface area contributed by atoms with Crippen LogP contribution in [0, 0.1) is 11.3 Å². The van der Waals surface area contributed by atoms with Crippen LogP contribution in [0.1, 0.15) is 36.8 Å². The summed E-state index contributed by atoms with van der Waals surface area (Å²) in [6.07, 6.45) is 3.81. The summed E-state index contributed by atoms with van der Waals surface area (Å²) in [7, 11) is 5.47. The molecule has 2 N–H and O–H groups in total. The first-order chi connectivity index (χ1) is 15.9. The van der Waals surface area contributed by atoms with Gasteiger partial charge >= 0.3 is 6.03 Å². The molecular formula is C25H29ClN4O3. The Bertz CT molecular complexity index is 1090. The molecule has 8 heteroatoms. The van der Waals surface area contributed by atoms with E-state index >= 15 is 0 Å². The monoisotopic (exact) mass is 468 g/mol. The van der Waals surface area contributed by atoms with Gasteiger partial charge in [0.15, 0.2) is 11.5 Å². The third kappa shape index (κ3) is 4.46. The van der Waals surface area contributed by atoms with Crippen LogP contribution in [-0.4, -0.2) is 50.8 Å². The Hall–Kier alpha value is -2.95. The molecular weight excluding hydrogens is 440 g/mol. The van der Waals surface area contributed by atoms with Crippen LogP contribution in [0.3, 0.4) is 0 Å². The maximum absolute atomic E-state index is 12.6. The maximum atomic E-state index is 12.6. The van der Waals surface area contributed by atoms with E-state index in [2.05, 4.69) is 34.7 Å². The number of nitriles is 1. The Morgan fingerprint density at radius 1 is 1.18 bits per heavy atom. The van der Waals surface area contributed by atoms with Crippen molar-refractivity contribution in [3.63, 3.8) is 0 Å². The number of urea groups is 1. The van der Waals surface area contributed by atoms with Crippen molar-refractivity contribution in [2.45, 2.75) is 43.2 Å². The molecule has 2 aliphatic rings. The van der Waals surface area contributed by atoms with Crippen molar-refractivity contribution in [3.05, 3.63) is 52.5 Å². The second kappa shape index (κ2) is 9.50. The minimum atomic E-state index is -0.264. The van der Waals surface area contributed by atoms with Crippen molar-refractivity contribution in [3.8, 4) is 17.6 Å². The summed E-state index contributed by atoms with van der Waals surface area (Å²) in [6, 6.07) is 13.3. The zero-order chi connectivity index (χ0) is 23.6. The average molecular weight is 469 g/mol. The first kappa shape index (κ1) is 23.2. The number of hydrogen-bond acceptors (Lipinski definition) is 5. The molecule has 4 rings (SSSR count). The minimum Gasteiger partial charge on any atom is -0.493 e. The van der Waals surface area contributed by atoms with Gasteiger partial charge in [-0.1, -0.05) is 17.7 Å². The van der Waals surface area contributed by atoms with Crippen molar-refractivity contribution < 1.29 is 14.3 Å². The van der Waals surface area contributed by atoms with Gasteiger partial charge in [0.1, 0.15) is 6.07 Å². The van der Waals surface area contributed by atoms with Gasteiger partial charge in [0.2, 0.25) is 0 Å². The van der Waals surface area contributed by atoms with Crippen LogP contribution in [0.25, 0.3) is 0 Å². The largest absolute Gasteiger partial charge is 0.493 e. The summed E-state index contributed by atoms with van der Waals surface area (Å²) in [5, 5.41) is 15.3. The lowest BCUT2D eigenvalue weighted by molar-refractivity contribution is 0.156. The van der Waals surface area contributed by atoms with Crippen LogP contribution in [0.2, 0.25) is 5.02 Å². The highest BCUT2D eigenvalue weighted by Gasteiger charge is 2.50. The van der Waals surface area contributed by atoms with Crippen LogP contribution in [0.4, 0.5) is 10.5 Å². The zero-order valence-electron chi connectivity index (χ0n) is 19.2. The van der Waals surface area contributed by atoms with Gasteiger partial charge in [0.25, 0.3) is 0 Å². The van der Waals surface area contributed by atoms with Crippen molar-refractivity contribution in [2.75, 3.05) is 33.1 Å². The normalized spacial score (nSPS) is 24.5. The molecule has 1 heterocycles. The number of methoxy groups -OCH3 is 2. The second-order valence-electron chi connectivity index (χ2n) is 8.85. The first-order valence-corrected chi connectivity index (χ1v) is 11.5. The third-order valence-corrected chi connectivity index (χ3v) is 7.48. The van der Waals surface area contributed by atoms with Crippen LogP contribution >= 0.6 is 11.6 Å². The van der Waals surface area contributed by atoms with E-state index in [1.165, 1.54) is 5.56 Å². The van der Waals surface area contributed by atoms with Crippen LogP contribution in [0.5, 0.6) is 11.5 Å². The highest BCUT2D eigenvalue weighted by atomic mass is 35.5. The summed E-state index contributed by atoms with van der Waals surface area (Å²) in [4.78, 5) is 15.1. The number of likely N-dealkylation sites (N-methyl/N-ethyl adjacent to an activating group) is 1. The molecule has 0 aromatic heterocycles. The summed E-state index contributed by atoms with van der Waals surface area (Å²) in [5.41, 5.74) is 2.24. The molecule has 2 aromatic rings. The smallest absolute Gasteiger partial charge is 0.319 e. The standard InChI is InChI=1S/C25H29ClN4O3/c1-30-11-10-25(17-5-7-21(32-2)22(12-17)33-3)9-8-19(14-23(25)30)29-24(31)28-18-6-4-16(15-27)20(26)13-18/h4-7,12-13,19,23H,8-11,14H2,1-3H3,(H2,28,29,31)/t19-,23+,25+/m0/s1. The highest BCUT2D eigenvalue weighted by Crippen LogP contribution is 2.49. The Balaban J connectivity index is 1.46. The first-order valence-electron chi connectivity index (χ1n) is 11.1. The highest BCUT2D eigenvalue weighted by molar-refractivity contribution is 6.32. The topological polar surface area (TPSA) is 86.6 Å². The van der Waals surface area contributed by atoms with E-state index in [1.54, 1.807) is 32.4 Å². The molecule has 0 spiro atoms. The molecule has 174 valence electrons. The van der Waals surface area contributed by atoms with E-state index in [0.29, 0.717) is 22.3 Å². The molecule has 1 aliphatic heterocycles. The van der Waals surface area contributed by atoms with Gasteiger partial charge < -0.3 is 25.0 Å². The lowest BCUT2D eigenvalue weighted by atomic mass is 9.65. The van der Waals surface area contributed by atoms with E-state index in [-0.39, 0.29) is 17.5 Å². The van der Waals surface area contributed by atoms with Crippen LogP contribution in [0.15, 0.2) is 36.4 Å². The number of nitrogens with zero attached hydrogens (tertiary/aromatic N) is 2. The number of anilines is 1. The zero-order valence-corrected chi connectivity index (χ0v) is 19.9. The molecule has 7 nitrogen and oxygen atoms in total. The predicted molar refractivity (Wildman–Crippen MR) is 128 cm³/mol. The van der Waals surface area contributed by atoms with Gasteiger partial charge in [-0.25, -0.2) is 4.79 Å². The van der Waals surface area contributed by atoms with Crippen molar-refractivity contribution in [1.82, 2.24) is 10.2 Å². The summed E-state index contributed by atoms with van der Waals surface area (Å²) in [6.45, 7) is 1.02. The van der Waals surface area contributed by atoms with Crippen molar-refractivity contribution in [2.24, 2.45) is 0 Å². The number of ether oxygens (including phenoxy) is 2. The van der Waals surface area contributed by atoms with Crippen molar-refractivity contribution >= 4 is 23.3 Å². The van der Waals surface area contributed by atoms with Gasteiger partial charge in [-0.15, -0.1) is 0 Å².